The highest BCUT2D eigenvalue weighted by Gasteiger charge is 2.14. The van der Waals surface area contributed by atoms with E-state index in [1.807, 2.05) is 0 Å². The molecule has 7 nitrogen and oxygen atoms in total. The number of anilines is 1. The van der Waals surface area contributed by atoms with Gasteiger partial charge in [0.2, 0.25) is 5.69 Å². The van der Waals surface area contributed by atoms with E-state index in [2.05, 4.69) is 10.3 Å². The van der Waals surface area contributed by atoms with Crippen molar-refractivity contribution in [1.82, 2.24) is 4.98 Å². The van der Waals surface area contributed by atoms with Gasteiger partial charge in [-0.15, -0.1) is 0 Å². The van der Waals surface area contributed by atoms with Gasteiger partial charge in [0.05, 0.1) is 4.92 Å². The second kappa shape index (κ2) is 6.19. The van der Waals surface area contributed by atoms with E-state index in [1.165, 1.54) is 12.1 Å². The van der Waals surface area contributed by atoms with Gasteiger partial charge in [0.15, 0.2) is 0 Å². The Labute approximate surface area is 97.7 Å². The number of nitrogens with zero attached hydrogens (tertiary/aromatic N) is 3. The molecule has 0 aliphatic heterocycles. The summed E-state index contributed by atoms with van der Waals surface area (Å²) in [6.45, 7) is 0.936. The molecule has 3 N–H and O–H groups in total. The van der Waals surface area contributed by atoms with Gasteiger partial charge in [-0.05, 0) is 6.07 Å². The summed E-state index contributed by atoms with van der Waals surface area (Å²) < 4.78 is 0. The van der Waals surface area contributed by atoms with E-state index < -0.39 is 4.92 Å². The quantitative estimate of drug-likeness (QED) is 0.441. The molecule has 0 spiro atoms. The van der Waals surface area contributed by atoms with Gasteiger partial charge in [-0.2, -0.15) is 5.26 Å². The average molecular weight is 233 g/mol. The zero-order valence-electron chi connectivity index (χ0n) is 8.96. The molecule has 0 saturated carbocycles. The summed E-state index contributed by atoms with van der Waals surface area (Å²) in [6.07, 6.45) is 3.57. The van der Waals surface area contributed by atoms with Crippen LogP contribution < -0.4 is 11.1 Å². The molecule has 17 heavy (non-hydrogen) atoms. The van der Waals surface area contributed by atoms with E-state index in [1.54, 1.807) is 18.2 Å². The molecule has 0 unspecified atom stereocenters. The molecule has 0 bridgehead atoms. The molecule has 0 radical (unpaired) electrons. The maximum atomic E-state index is 10.6. The second-order valence-corrected chi connectivity index (χ2v) is 3.02. The second-order valence-electron chi connectivity index (χ2n) is 3.02. The lowest BCUT2D eigenvalue weighted by Crippen LogP contribution is -2.04. The minimum absolute atomic E-state index is 0.206. The first kappa shape index (κ1) is 12.6. The van der Waals surface area contributed by atoms with Crippen LogP contribution in [0, 0.1) is 21.4 Å². The van der Waals surface area contributed by atoms with Gasteiger partial charge in [-0.25, -0.2) is 4.98 Å². The van der Waals surface area contributed by atoms with E-state index in [9.17, 15) is 10.1 Å². The Morgan fingerprint density at radius 2 is 2.35 bits per heavy atom. The Morgan fingerprint density at radius 3 is 2.94 bits per heavy atom. The average Bonchev–Trinajstić information content (AvgIpc) is 2.34. The van der Waals surface area contributed by atoms with Gasteiger partial charge in [0.25, 0.3) is 0 Å². The zero-order chi connectivity index (χ0) is 12.7. The molecule has 7 heteroatoms. The summed E-state index contributed by atoms with van der Waals surface area (Å²) in [5.74, 6) is 0.411. The topological polar surface area (TPSA) is 118 Å². The van der Waals surface area contributed by atoms with Crippen LogP contribution in [-0.2, 0) is 0 Å². The number of nitrogens with two attached hydrogens (primary N) is 1. The number of hydrogen-bond acceptors (Lipinski definition) is 6. The third-order valence-electron chi connectivity index (χ3n) is 1.88. The zero-order valence-corrected chi connectivity index (χ0v) is 8.96. The van der Waals surface area contributed by atoms with Crippen LogP contribution in [0.3, 0.4) is 0 Å². The first-order valence-electron chi connectivity index (χ1n) is 4.83. The molecule has 0 saturated heterocycles. The number of pyridine rings is 1. The highest BCUT2D eigenvalue weighted by atomic mass is 16.6. The summed E-state index contributed by atoms with van der Waals surface area (Å²) in [4.78, 5) is 13.8. The van der Waals surface area contributed by atoms with Crippen LogP contribution in [0.1, 0.15) is 5.69 Å². The normalized spacial score (nSPS) is 10.1. The van der Waals surface area contributed by atoms with Gasteiger partial charge in [-0.1, -0.05) is 12.2 Å². The van der Waals surface area contributed by atoms with E-state index in [0.29, 0.717) is 18.9 Å². The number of nitriles is 1. The fourth-order valence-corrected chi connectivity index (χ4v) is 1.12. The van der Waals surface area contributed by atoms with E-state index >= 15 is 0 Å². The van der Waals surface area contributed by atoms with Gasteiger partial charge in [0, 0.05) is 19.2 Å². The Kier molecular flexibility index (Phi) is 4.59. The number of rotatable bonds is 5. The highest BCUT2D eigenvalue weighted by Crippen LogP contribution is 2.17. The molecule has 0 aliphatic carbocycles. The van der Waals surface area contributed by atoms with Crippen molar-refractivity contribution in [3.8, 4) is 6.07 Å². The standard InChI is InChI=1S/C10H11N5O2/c11-5-1-2-6-13-10-4-3-9(15(16)17)8(7-12)14-10/h1-4H,5-6,11H2,(H,13,14)/b2-1+. The van der Waals surface area contributed by atoms with Crippen molar-refractivity contribution in [2.45, 2.75) is 0 Å². The van der Waals surface area contributed by atoms with Crippen LogP contribution in [-0.4, -0.2) is 23.0 Å². The Bertz CT molecular complexity index is 478. The molecule has 1 aromatic rings. The van der Waals surface area contributed by atoms with Gasteiger partial charge < -0.3 is 11.1 Å². The monoisotopic (exact) mass is 233 g/mol. The first-order chi connectivity index (χ1) is 8.19. The number of nitrogens with one attached hydrogen (secondary N) is 1. The maximum Gasteiger partial charge on any atom is 0.305 e. The molecule has 0 aromatic carbocycles. The Morgan fingerprint density at radius 1 is 1.59 bits per heavy atom. The maximum absolute atomic E-state index is 10.6. The fourth-order valence-electron chi connectivity index (χ4n) is 1.12. The number of hydrogen-bond donors (Lipinski definition) is 2. The first-order valence-corrected chi connectivity index (χ1v) is 4.83. The highest BCUT2D eigenvalue weighted by molar-refractivity contribution is 5.50. The SMILES string of the molecule is N#Cc1nc(NC/C=C/CN)ccc1[N+](=O)[O-]. The summed E-state index contributed by atoms with van der Waals surface area (Å²) in [7, 11) is 0. The summed E-state index contributed by atoms with van der Waals surface area (Å²) in [5.41, 5.74) is 4.76. The lowest BCUT2D eigenvalue weighted by Gasteiger charge is -2.02. The predicted molar refractivity (Wildman–Crippen MR) is 62.3 cm³/mol. The molecule has 0 fully saturated rings. The molecule has 0 atom stereocenters. The summed E-state index contributed by atoms with van der Waals surface area (Å²) in [6, 6.07) is 4.39. The van der Waals surface area contributed by atoms with E-state index in [0.717, 1.165) is 0 Å². The molecule has 1 heterocycles. The third kappa shape index (κ3) is 3.55. The predicted octanol–water partition coefficient (Wildman–Crippen LogP) is 0.788. The van der Waals surface area contributed by atoms with Crippen molar-refractivity contribution < 1.29 is 4.92 Å². The van der Waals surface area contributed by atoms with Crippen LogP contribution in [0.4, 0.5) is 11.5 Å². The van der Waals surface area contributed by atoms with E-state index in [-0.39, 0.29) is 11.4 Å². The van der Waals surface area contributed by atoms with Crippen LogP contribution in [0.5, 0.6) is 0 Å². The molecule has 1 aromatic heterocycles. The van der Waals surface area contributed by atoms with Crippen molar-refractivity contribution in [3.05, 3.63) is 40.1 Å². The summed E-state index contributed by atoms with van der Waals surface area (Å²) in [5, 5.41) is 22.2. The fraction of sp³-hybridized carbons (Fsp3) is 0.200. The number of aromatic nitrogens is 1. The summed E-state index contributed by atoms with van der Waals surface area (Å²) >= 11 is 0. The minimum Gasteiger partial charge on any atom is -0.367 e. The molecular weight excluding hydrogens is 222 g/mol. The van der Waals surface area contributed by atoms with Crippen molar-refractivity contribution in [1.29, 1.82) is 5.26 Å². The van der Waals surface area contributed by atoms with Gasteiger partial charge in [-0.3, -0.25) is 10.1 Å². The lowest BCUT2D eigenvalue weighted by molar-refractivity contribution is -0.385. The van der Waals surface area contributed by atoms with Crippen molar-refractivity contribution in [3.63, 3.8) is 0 Å². The van der Waals surface area contributed by atoms with Crippen molar-refractivity contribution >= 4 is 11.5 Å². The Hall–Kier alpha value is -2.46. The van der Waals surface area contributed by atoms with Crippen LogP contribution in [0.25, 0.3) is 0 Å². The molecule has 0 amide bonds. The third-order valence-corrected chi connectivity index (χ3v) is 1.88. The molecular formula is C10H11N5O2. The van der Waals surface area contributed by atoms with Crippen LogP contribution in [0.15, 0.2) is 24.3 Å². The number of nitro groups is 1. The van der Waals surface area contributed by atoms with Gasteiger partial charge >= 0.3 is 5.69 Å². The van der Waals surface area contributed by atoms with Crippen molar-refractivity contribution in [2.75, 3.05) is 18.4 Å². The van der Waals surface area contributed by atoms with Gasteiger partial charge in [0.1, 0.15) is 11.9 Å². The smallest absolute Gasteiger partial charge is 0.305 e. The largest absolute Gasteiger partial charge is 0.367 e. The van der Waals surface area contributed by atoms with Crippen molar-refractivity contribution in [2.24, 2.45) is 5.73 Å². The van der Waals surface area contributed by atoms with E-state index in [4.69, 9.17) is 11.0 Å². The lowest BCUT2D eigenvalue weighted by atomic mass is 10.3. The molecule has 1 rings (SSSR count). The van der Waals surface area contributed by atoms with Crippen LogP contribution in [0.2, 0.25) is 0 Å². The molecule has 88 valence electrons. The Balaban J connectivity index is 2.80. The minimum atomic E-state index is -0.635. The molecule has 0 aliphatic rings. The van der Waals surface area contributed by atoms with Crippen LogP contribution >= 0.6 is 0 Å².